The van der Waals surface area contributed by atoms with Crippen LogP contribution in [0.4, 0.5) is 4.79 Å². The predicted octanol–water partition coefficient (Wildman–Crippen LogP) is 5.28. The van der Waals surface area contributed by atoms with E-state index >= 15 is 0 Å². The van der Waals surface area contributed by atoms with Crippen LogP contribution in [0, 0.1) is 0 Å². The molecule has 1 saturated heterocycles. The van der Waals surface area contributed by atoms with E-state index in [4.69, 9.17) is 4.74 Å². The van der Waals surface area contributed by atoms with Crippen LogP contribution in [0.25, 0.3) is 33.3 Å². The summed E-state index contributed by atoms with van der Waals surface area (Å²) in [5.74, 6) is 0. The minimum atomic E-state index is 0.00512. The largest absolute Gasteiger partial charge is 0.378 e. The molecule has 0 saturated carbocycles. The third-order valence-corrected chi connectivity index (χ3v) is 5.46. The van der Waals surface area contributed by atoms with Crippen LogP contribution < -0.4 is 0 Å². The van der Waals surface area contributed by atoms with Crippen molar-refractivity contribution in [2.45, 2.75) is 0 Å². The van der Waals surface area contributed by atoms with E-state index in [0.29, 0.717) is 26.3 Å². The Morgan fingerprint density at radius 1 is 0.724 bits per heavy atom. The first kappa shape index (κ1) is 17.7. The van der Waals surface area contributed by atoms with Gasteiger partial charge in [0.15, 0.2) is 0 Å². The van der Waals surface area contributed by atoms with E-state index < -0.39 is 0 Å². The number of rotatable bonds is 2. The van der Waals surface area contributed by atoms with Crippen molar-refractivity contribution in [1.82, 2.24) is 9.47 Å². The van der Waals surface area contributed by atoms with Crippen LogP contribution >= 0.6 is 0 Å². The Labute approximate surface area is 170 Å². The summed E-state index contributed by atoms with van der Waals surface area (Å²) in [7, 11) is 0. The van der Waals surface area contributed by atoms with Crippen LogP contribution in [0.15, 0.2) is 84.9 Å². The van der Waals surface area contributed by atoms with Crippen LogP contribution in [-0.4, -0.2) is 41.8 Å². The standard InChI is InChI=1S/C25H22N2O2/c28-25(26-15-17-29-18-16-26)27-22-14-8-7-13-21(22)23(19-9-3-1-4-10-19)24(27)20-11-5-2-6-12-20/h1-14H,15-18H2. The number of morpholine rings is 1. The van der Waals surface area contributed by atoms with E-state index in [9.17, 15) is 4.79 Å². The molecule has 2 heterocycles. The van der Waals surface area contributed by atoms with Crippen molar-refractivity contribution in [3.05, 3.63) is 84.9 Å². The Hall–Kier alpha value is -3.37. The van der Waals surface area contributed by atoms with Gasteiger partial charge >= 0.3 is 6.03 Å². The van der Waals surface area contributed by atoms with Gasteiger partial charge in [-0.15, -0.1) is 0 Å². The highest BCUT2D eigenvalue weighted by molar-refractivity contribution is 6.09. The molecule has 1 amide bonds. The van der Waals surface area contributed by atoms with Crippen molar-refractivity contribution in [2.24, 2.45) is 0 Å². The number of carbonyl (C=O) groups is 1. The average molecular weight is 382 g/mol. The fourth-order valence-corrected chi connectivity index (χ4v) is 4.10. The molecule has 144 valence electrons. The molecule has 1 aliphatic heterocycles. The minimum Gasteiger partial charge on any atom is -0.378 e. The summed E-state index contributed by atoms with van der Waals surface area (Å²) in [5.41, 5.74) is 5.10. The van der Waals surface area contributed by atoms with Gasteiger partial charge in [-0.3, -0.25) is 4.57 Å². The average Bonchev–Trinajstić information content (AvgIpc) is 3.15. The molecule has 0 bridgehead atoms. The number of nitrogens with zero attached hydrogens (tertiary/aromatic N) is 2. The lowest BCUT2D eigenvalue weighted by Crippen LogP contribution is -2.43. The minimum absolute atomic E-state index is 0.00512. The highest BCUT2D eigenvalue weighted by Crippen LogP contribution is 2.41. The number of fused-ring (bicyclic) bond motifs is 1. The summed E-state index contributed by atoms with van der Waals surface area (Å²) < 4.78 is 7.35. The predicted molar refractivity (Wildman–Crippen MR) is 116 cm³/mol. The van der Waals surface area contributed by atoms with Gasteiger partial charge in [0.05, 0.1) is 24.4 Å². The van der Waals surface area contributed by atoms with Crippen LogP contribution in [0.1, 0.15) is 0 Å². The molecule has 0 N–H and O–H groups in total. The molecule has 4 nitrogen and oxygen atoms in total. The lowest BCUT2D eigenvalue weighted by molar-refractivity contribution is 0.0538. The van der Waals surface area contributed by atoms with Gasteiger partial charge in [-0.05, 0) is 17.2 Å². The molecule has 0 atom stereocenters. The number of hydrogen-bond acceptors (Lipinski definition) is 2. The molecule has 0 unspecified atom stereocenters. The van der Waals surface area contributed by atoms with Crippen LogP contribution in [-0.2, 0) is 4.74 Å². The van der Waals surface area contributed by atoms with E-state index in [0.717, 1.165) is 33.3 Å². The highest BCUT2D eigenvalue weighted by Gasteiger charge is 2.27. The molecule has 29 heavy (non-hydrogen) atoms. The monoisotopic (exact) mass is 382 g/mol. The topological polar surface area (TPSA) is 34.5 Å². The first-order chi connectivity index (χ1) is 14.3. The molecule has 1 aromatic heterocycles. The number of amides is 1. The van der Waals surface area contributed by atoms with E-state index in [2.05, 4.69) is 30.3 Å². The second-order valence-electron chi connectivity index (χ2n) is 7.19. The first-order valence-corrected chi connectivity index (χ1v) is 9.96. The van der Waals surface area contributed by atoms with Crippen LogP contribution in [0.5, 0.6) is 0 Å². The van der Waals surface area contributed by atoms with Crippen molar-refractivity contribution < 1.29 is 9.53 Å². The second-order valence-corrected chi connectivity index (χ2v) is 7.19. The van der Waals surface area contributed by atoms with E-state index in [1.807, 2.05) is 64.1 Å². The third-order valence-electron chi connectivity index (χ3n) is 5.46. The van der Waals surface area contributed by atoms with E-state index in [1.165, 1.54) is 0 Å². The SMILES string of the molecule is O=C(N1CCOCC1)n1c(-c2ccccc2)c(-c2ccccc2)c2ccccc21. The van der Waals surface area contributed by atoms with Gasteiger partial charge in [0, 0.05) is 24.0 Å². The lowest BCUT2D eigenvalue weighted by atomic mass is 9.98. The number of aromatic nitrogens is 1. The second kappa shape index (κ2) is 7.57. The zero-order valence-electron chi connectivity index (χ0n) is 16.1. The first-order valence-electron chi connectivity index (χ1n) is 9.96. The molecule has 4 aromatic rings. The Morgan fingerprint density at radius 3 is 2.00 bits per heavy atom. The maximum atomic E-state index is 13.7. The van der Waals surface area contributed by atoms with Gasteiger partial charge in [-0.2, -0.15) is 0 Å². The molecular formula is C25H22N2O2. The van der Waals surface area contributed by atoms with Crippen LogP contribution in [0.3, 0.4) is 0 Å². The quantitative estimate of drug-likeness (QED) is 0.473. The molecule has 1 aliphatic rings. The van der Waals surface area contributed by atoms with Crippen molar-refractivity contribution in [1.29, 1.82) is 0 Å². The molecule has 0 radical (unpaired) electrons. The Balaban J connectivity index is 1.83. The number of para-hydroxylation sites is 1. The fourth-order valence-electron chi connectivity index (χ4n) is 4.10. The Bertz CT molecular complexity index is 1140. The summed E-state index contributed by atoms with van der Waals surface area (Å²) in [6.07, 6.45) is 0. The van der Waals surface area contributed by atoms with Crippen molar-refractivity contribution in [2.75, 3.05) is 26.3 Å². The lowest BCUT2D eigenvalue weighted by Gasteiger charge is -2.28. The van der Waals surface area contributed by atoms with Gasteiger partial charge < -0.3 is 9.64 Å². The molecular weight excluding hydrogens is 360 g/mol. The molecule has 4 heteroatoms. The summed E-state index contributed by atoms with van der Waals surface area (Å²) in [6, 6.07) is 28.7. The third kappa shape index (κ3) is 3.12. The Morgan fingerprint density at radius 2 is 1.31 bits per heavy atom. The molecule has 5 rings (SSSR count). The summed E-state index contributed by atoms with van der Waals surface area (Å²) in [5, 5.41) is 1.08. The van der Waals surface area contributed by atoms with Crippen molar-refractivity contribution in [3.8, 4) is 22.4 Å². The van der Waals surface area contributed by atoms with Gasteiger partial charge in [0.25, 0.3) is 0 Å². The highest BCUT2D eigenvalue weighted by atomic mass is 16.5. The summed E-state index contributed by atoms with van der Waals surface area (Å²) in [6.45, 7) is 2.38. The van der Waals surface area contributed by atoms with Crippen molar-refractivity contribution in [3.63, 3.8) is 0 Å². The molecule has 3 aromatic carbocycles. The zero-order chi connectivity index (χ0) is 19.6. The zero-order valence-corrected chi connectivity index (χ0v) is 16.1. The van der Waals surface area contributed by atoms with E-state index in [-0.39, 0.29) is 6.03 Å². The van der Waals surface area contributed by atoms with Gasteiger partial charge in [0.1, 0.15) is 0 Å². The van der Waals surface area contributed by atoms with Crippen molar-refractivity contribution >= 4 is 16.9 Å². The Kier molecular flexibility index (Phi) is 4.62. The number of ether oxygens (including phenoxy) is 1. The maximum Gasteiger partial charge on any atom is 0.329 e. The van der Waals surface area contributed by atoms with Gasteiger partial charge in [-0.1, -0.05) is 78.9 Å². The fraction of sp³-hybridized carbons (Fsp3) is 0.160. The summed E-state index contributed by atoms with van der Waals surface area (Å²) >= 11 is 0. The van der Waals surface area contributed by atoms with Crippen LogP contribution in [0.2, 0.25) is 0 Å². The normalized spacial score (nSPS) is 14.3. The summed E-state index contributed by atoms with van der Waals surface area (Å²) in [4.78, 5) is 15.6. The smallest absolute Gasteiger partial charge is 0.329 e. The maximum absolute atomic E-state index is 13.7. The van der Waals surface area contributed by atoms with E-state index in [1.54, 1.807) is 0 Å². The number of benzene rings is 3. The molecule has 1 fully saturated rings. The molecule has 0 spiro atoms. The molecule has 0 aliphatic carbocycles. The number of hydrogen-bond donors (Lipinski definition) is 0. The van der Waals surface area contributed by atoms with Gasteiger partial charge in [0.2, 0.25) is 0 Å². The number of carbonyl (C=O) groups excluding carboxylic acids is 1. The van der Waals surface area contributed by atoms with Gasteiger partial charge in [-0.25, -0.2) is 4.79 Å².